The molecule has 0 radical (unpaired) electrons. The van der Waals surface area contributed by atoms with E-state index < -0.39 is 12.1 Å². The summed E-state index contributed by atoms with van der Waals surface area (Å²) in [6.45, 7) is 3.43. The highest BCUT2D eigenvalue weighted by molar-refractivity contribution is 5.80. The van der Waals surface area contributed by atoms with Crippen molar-refractivity contribution in [1.29, 1.82) is 0 Å². The van der Waals surface area contributed by atoms with Gasteiger partial charge < -0.3 is 9.84 Å². The number of carbonyl (C=O) groups excluding carboxylic acids is 1. The molecule has 124 valence electrons. The first-order valence-corrected chi connectivity index (χ1v) is 7.28. The van der Waals surface area contributed by atoms with Crippen molar-refractivity contribution in [3.63, 3.8) is 0 Å². The second-order valence-corrected chi connectivity index (χ2v) is 5.24. The van der Waals surface area contributed by atoms with E-state index in [1.165, 1.54) is 29.5 Å². The van der Waals surface area contributed by atoms with Gasteiger partial charge in [0.05, 0.1) is 0 Å². The van der Waals surface area contributed by atoms with E-state index in [-0.39, 0.29) is 17.6 Å². The molecule has 2 aromatic heterocycles. The predicted molar refractivity (Wildman–Crippen MR) is 81.0 cm³/mol. The van der Waals surface area contributed by atoms with Gasteiger partial charge in [0.2, 0.25) is 17.6 Å². The largest absolute Gasteiger partial charge is 0.343 e. The zero-order valence-electron chi connectivity index (χ0n) is 13.0. The van der Waals surface area contributed by atoms with E-state index in [9.17, 15) is 9.18 Å². The van der Waals surface area contributed by atoms with Gasteiger partial charge in [-0.3, -0.25) is 4.79 Å². The summed E-state index contributed by atoms with van der Waals surface area (Å²) in [7, 11) is 0. The fourth-order valence-corrected chi connectivity index (χ4v) is 2.06. The number of nitrogens with zero attached hydrogens (tertiary/aromatic N) is 5. The lowest BCUT2D eigenvalue weighted by Gasteiger charge is -2.14. The number of aromatic nitrogens is 5. The number of halogens is 1. The van der Waals surface area contributed by atoms with Gasteiger partial charge in [-0.2, -0.15) is 10.1 Å². The molecule has 0 aliphatic rings. The Hall–Kier alpha value is -3.10. The molecule has 0 fully saturated rings. The molecule has 8 nitrogen and oxygen atoms in total. The van der Waals surface area contributed by atoms with E-state index >= 15 is 0 Å². The zero-order valence-corrected chi connectivity index (χ0v) is 13.0. The number of hydrogen-bond acceptors (Lipinski definition) is 6. The van der Waals surface area contributed by atoms with Gasteiger partial charge in [0.15, 0.2) is 0 Å². The molecule has 3 aromatic rings. The summed E-state index contributed by atoms with van der Waals surface area (Å²) in [6, 6.07) is 4.74. The molecule has 2 heterocycles. The summed E-state index contributed by atoms with van der Waals surface area (Å²) in [6.07, 6.45) is 2.83. The van der Waals surface area contributed by atoms with Crippen LogP contribution in [-0.2, 0) is 4.79 Å². The average Bonchev–Trinajstić information content (AvgIpc) is 3.26. The maximum Gasteiger partial charge on any atom is 0.249 e. The Bertz CT molecular complexity index is 815. The van der Waals surface area contributed by atoms with Crippen molar-refractivity contribution in [2.45, 2.75) is 25.9 Å². The normalized spacial score (nSPS) is 13.5. The second-order valence-electron chi connectivity index (χ2n) is 5.24. The lowest BCUT2D eigenvalue weighted by Crippen LogP contribution is -2.33. The molecule has 0 bridgehead atoms. The van der Waals surface area contributed by atoms with Gasteiger partial charge in [0, 0.05) is 5.56 Å². The minimum atomic E-state index is -0.519. The average molecular weight is 330 g/mol. The van der Waals surface area contributed by atoms with Crippen molar-refractivity contribution >= 4 is 5.91 Å². The molecule has 1 amide bonds. The van der Waals surface area contributed by atoms with Crippen LogP contribution in [0.3, 0.4) is 0 Å². The van der Waals surface area contributed by atoms with E-state index in [0.717, 1.165) is 0 Å². The molecule has 1 aromatic carbocycles. The lowest BCUT2D eigenvalue weighted by molar-refractivity contribution is -0.125. The SMILES string of the molecule is CC(NC(=O)C(C)n1cncn1)c1nc(-c2ccc(F)cc2)no1. The predicted octanol–water partition coefficient (Wildman–Crippen LogP) is 1.91. The smallest absolute Gasteiger partial charge is 0.249 e. The second kappa shape index (κ2) is 6.57. The van der Waals surface area contributed by atoms with Crippen molar-refractivity contribution in [3.8, 4) is 11.4 Å². The first-order valence-electron chi connectivity index (χ1n) is 7.28. The first-order chi connectivity index (χ1) is 11.5. The van der Waals surface area contributed by atoms with Crippen molar-refractivity contribution in [1.82, 2.24) is 30.2 Å². The highest BCUT2D eigenvalue weighted by Gasteiger charge is 2.21. The molecule has 0 spiro atoms. The minimum absolute atomic E-state index is 0.255. The van der Waals surface area contributed by atoms with Crippen molar-refractivity contribution < 1.29 is 13.7 Å². The van der Waals surface area contributed by atoms with Crippen LogP contribution in [0, 0.1) is 5.82 Å². The number of rotatable bonds is 5. The van der Waals surface area contributed by atoms with E-state index in [2.05, 4.69) is 25.5 Å². The van der Waals surface area contributed by atoms with Gasteiger partial charge >= 0.3 is 0 Å². The van der Waals surface area contributed by atoms with E-state index in [1.807, 2.05) is 0 Å². The molecule has 3 rings (SSSR count). The monoisotopic (exact) mass is 330 g/mol. The van der Waals surface area contributed by atoms with Crippen LogP contribution in [0.1, 0.15) is 31.8 Å². The topological polar surface area (TPSA) is 98.7 Å². The molecule has 0 saturated heterocycles. The van der Waals surface area contributed by atoms with Crippen LogP contribution in [0.4, 0.5) is 4.39 Å². The van der Waals surface area contributed by atoms with Gasteiger partial charge in [0.25, 0.3) is 0 Å². The number of hydrogen-bond donors (Lipinski definition) is 1. The van der Waals surface area contributed by atoms with Crippen molar-refractivity contribution in [2.75, 3.05) is 0 Å². The standard InChI is InChI=1S/C15H15FN6O2/c1-9(19-14(23)10(2)22-8-17-7-18-22)15-20-13(21-24-15)11-3-5-12(16)6-4-11/h3-10H,1-2H3,(H,19,23). The fourth-order valence-electron chi connectivity index (χ4n) is 2.06. The summed E-state index contributed by atoms with van der Waals surface area (Å²) in [4.78, 5) is 20.3. The van der Waals surface area contributed by atoms with Gasteiger partial charge in [-0.05, 0) is 38.1 Å². The van der Waals surface area contributed by atoms with Crippen LogP contribution in [0.25, 0.3) is 11.4 Å². The van der Waals surface area contributed by atoms with Gasteiger partial charge in [-0.25, -0.2) is 14.1 Å². The van der Waals surface area contributed by atoms with Crippen molar-refractivity contribution in [3.05, 3.63) is 48.6 Å². The van der Waals surface area contributed by atoms with Crippen LogP contribution in [0.2, 0.25) is 0 Å². The number of nitrogens with one attached hydrogen (secondary N) is 1. The third kappa shape index (κ3) is 3.29. The van der Waals surface area contributed by atoms with Gasteiger partial charge in [0.1, 0.15) is 30.6 Å². The quantitative estimate of drug-likeness (QED) is 0.767. The Labute approximate surface area is 136 Å². The van der Waals surface area contributed by atoms with Crippen LogP contribution < -0.4 is 5.32 Å². The maximum atomic E-state index is 12.9. The summed E-state index contributed by atoms with van der Waals surface area (Å²) >= 11 is 0. The van der Waals surface area contributed by atoms with E-state index in [0.29, 0.717) is 11.4 Å². The minimum Gasteiger partial charge on any atom is -0.343 e. The van der Waals surface area contributed by atoms with Crippen molar-refractivity contribution in [2.24, 2.45) is 0 Å². The third-order valence-corrected chi connectivity index (χ3v) is 3.49. The zero-order chi connectivity index (χ0) is 17.1. The molecule has 2 unspecified atom stereocenters. The molecular formula is C15H15FN6O2. The molecule has 0 aliphatic carbocycles. The molecule has 9 heteroatoms. The molecular weight excluding hydrogens is 315 g/mol. The molecule has 2 atom stereocenters. The van der Waals surface area contributed by atoms with Crippen LogP contribution in [0.15, 0.2) is 41.4 Å². The summed E-state index contributed by atoms with van der Waals surface area (Å²) in [5.74, 6) is -0.0105. The lowest BCUT2D eigenvalue weighted by atomic mass is 10.2. The van der Waals surface area contributed by atoms with E-state index in [4.69, 9.17) is 4.52 Å². The highest BCUT2D eigenvalue weighted by atomic mass is 19.1. The van der Waals surface area contributed by atoms with Gasteiger partial charge in [-0.1, -0.05) is 5.16 Å². The van der Waals surface area contributed by atoms with Crippen LogP contribution in [-0.4, -0.2) is 30.8 Å². The molecule has 1 N–H and O–H groups in total. The number of amides is 1. The third-order valence-electron chi connectivity index (χ3n) is 3.49. The Morgan fingerprint density at radius 1 is 1.29 bits per heavy atom. The van der Waals surface area contributed by atoms with Crippen LogP contribution in [0.5, 0.6) is 0 Å². The Balaban J connectivity index is 1.68. The number of carbonyl (C=O) groups is 1. The highest BCUT2D eigenvalue weighted by Crippen LogP contribution is 2.19. The summed E-state index contributed by atoms with van der Waals surface area (Å²) < 4.78 is 19.6. The van der Waals surface area contributed by atoms with Gasteiger partial charge in [-0.15, -0.1) is 0 Å². The fraction of sp³-hybridized carbons (Fsp3) is 0.267. The molecule has 24 heavy (non-hydrogen) atoms. The Morgan fingerprint density at radius 3 is 2.71 bits per heavy atom. The Kier molecular flexibility index (Phi) is 4.32. The summed E-state index contributed by atoms with van der Waals surface area (Å²) in [5.41, 5.74) is 0.626. The summed E-state index contributed by atoms with van der Waals surface area (Å²) in [5, 5.41) is 10.6. The number of benzene rings is 1. The molecule has 0 aliphatic heterocycles. The van der Waals surface area contributed by atoms with Crippen LogP contribution >= 0.6 is 0 Å². The maximum absolute atomic E-state index is 12.9. The van der Waals surface area contributed by atoms with E-state index in [1.54, 1.807) is 26.0 Å². The first kappa shape index (κ1) is 15.8. The molecule has 0 saturated carbocycles. The Morgan fingerprint density at radius 2 is 2.04 bits per heavy atom.